The highest BCUT2D eigenvalue weighted by Gasteiger charge is 2.55. The van der Waals surface area contributed by atoms with E-state index in [0.717, 1.165) is 12.8 Å². The normalized spacial score (nSPS) is 18.0. The van der Waals surface area contributed by atoms with Gasteiger partial charge in [-0.15, -0.1) is 0 Å². The Kier molecular flexibility index (Phi) is 10.5. The summed E-state index contributed by atoms with van der Waals surface area (Å²) in [4.78, 5) is 0. The van der Waals surface area contributed by atoms with Crippen LogP contribution >= 0.6 is 0 Å². The molecule has 0 saturated carbocycles. The lowest BCUT2D eigenvalue weighted by Gasteiger charge is -2.42. The minimum atomic E-state index is -3.04. The monoisotopic (exact) mass is 396 g/mol. The Morgan fingerprint density at radius 3 is 1.20 bits per heavy atom. The van der Waals surface area contributed by atoms with E-state index in [4.69, 9.17) is 33.3 Å². The van der Waals surface area contributed by atoms with Gasteiger partial charge in [-0.2, -0.15) is 0 Å². The Morgan fingerprint density at radius 1 is 0.680 bits per heavy atom. The SMILES string of the molecule is CO[Si](CCCN)(OC(C)(C)C)O[Si](CCCN)(OC)OC(C)(C)C. The molecule has 0 bridgehead atoms. The maximum atomic E-state index is 6.56. The summed E-state index contributed by atoms with van der Waals surface area (Å²) in [5.74, 6) is 0. The standard InChI is InChI=1S/C16H40N2O5Si2/c1-15(2,3)21-24(19-7,13-9-11-17)23-25(20-8,14-10-12-18)22-16(4,5)6/h9-14,17-18H2,1-8H3. The van der Waals surface area contributed by atoms with Gasteiger partial charge in [0.1, 0.15) is 0 Å². The lowest BCUT2D eigenvalue weighted by Crippen LogP contribution is -2.61. The Hall–Kier alpha value is 0.154. The molecule has 0 heterocycles. The van der Waals surface area contributed by atoms with Gasteiger partial charge in [0.15, 0.2) is 0 Å². The van der Waals surface area contributed by atoms with Crippen molar-refractivity contribution in [1.29, 1.82) is 0 Å². The van der Waals surface area contributed by atoms with Crippen LogP contribution in [0.5, 0.6) is 0 Å². The molecule has 0 saturated heterocycles. The van der Waals surface area contributed by atoms with Gasteiger partial charge in [0, 0.05) is 26.3 Å². The molecule has 2 atom stereocenters. The van der Waals surface area contributed by atoms with E-state index in [1.165, 1.54) is 0 Å². The topological polar surface area (TPSA) is 98.2 Å². The lowest BCUT2D eigenvalue weighted by atomic mass is 10.2. The zero-order chi connectivity index (χ0) is 19.8. The fourth-order valence-electron chi connectivity index (χ4n) is 2.42. The molecular formula is C16H40N2O5Si2. The fraction of sp³-hybridized carbons (Fsp3) is 1.00. The molecule has 25 heavy (non-hydrogen) atoms. The van der Waals surface area contributed by atoms with Crippen LogP contribution in [0.3, 0.4) is 0 Å². The van der Waals surface area contributed by atoms with Crippen LogP contribution < -0.4 is 11.5 Å². The highest BCUT2D eigenvalue weighted by atomic mass is 28.5. The molecule has 2 unspecified atom stereocenters. The van der Waals surface area contributed by atoms with Crippen LogP contribution in [-0.2, 0) is 21.8 Å². The van der Waals surface area contributed by atoms with Gasteiger partial charge in [-0.1, -0.05) is 0 Å². The molecule has 7 nitrogen and oxygen atoms in total. The van der Waals surface area contributed by atoms with Crippen LogP contribution in [0.2, 0.25) is 12.1 Å². The minimum absolute atomic E-state index is 0.416. The molecule has 0 aliphatic carbocycles. The quantitative estimate of drug-likeness (QED) is 0.489. The van der Waals surface area contributed by atoms with Gasteiger partial charge in [0.25, 0.3) is 0 Å². The Bertz CT molecular complexity index is 343. The molecule has 9 heteroatoms. The first kappa shape index (κ1) is 25.2. The van der Waals surface area contributed by atoms with Crippen LogP contribution in [0.1, 0.15) is 54.4 Å². The van der Waals surface area contributed by atoms with Crippen LogP contribution in [0.25, 0.3) is 0 Å². The van der Waals surface area contributed by atoms with Crippen molar-refractivity contribution in [3.8, 4) is 0 Å². The van der Waals surface area contributed by atoms with Gasteiger partial charge in [0.2, 0.25) is 0 Å². The second-order valence-electron chi connectivity index (χ2n) is 8.09. The summed E-state index contributed by atoms with van der Waals surface area (Å²) in [6, 6.07) is 1.23. The third-order valence-electron chi connectivity index (χ3n) is 3.23. The summed E-state index contributed by atoms with van der Waals surface area (Å²) in [5.41, 5.74) is 10.6. The summed E-state index contributed by atoms with van der Waals surface area (Å²) >= 11 is 0. The molecule has 0 fully saturated rings. The molecular weight excluding hydrogens is 356 g/mol. The summed E-state index contributed by atoms with van der Waals surface area (Å²) in [6.07, 6.45) is 1.49. The minimum Gasteiger partial charge on any atom is -0.377 e. The molecule has 0 aliphatic rings. The molecule has 0 rings (SSSR count). The van der Waals surface area contributed by atoms with Crippen molar-refractivity contribution in [3.63, 3.8) is 0 Å². The zero-order valence-electron chi connectivity index (χ0n) is 17.4. The molecule has 0 aromatic heterocycles. The number of hydrogen-bond acceptors (Lipinski definition) is 7. The fourth-order valence-corrected chi connectivity index (χ4v) is 10.1. The van der Waals surface area contributed by atoms with E-state index in [1.807, 2.05) is 41.5 Å². The Balaban J connectivity index is 5.74. The van der Waals surface area contributed by atoms with Crippen molar-refractivity contribution >= 4 is 17.6 Å². The van der Waals surface area contributed by atoms with E-state index in [2.05, 4.69) is 0 Å². The van der Waals surface area contributed by atoms with E-state index >= 15 is 0 Å². The van der Waals surface area contributed by atoms with Crippen LogP contribution in [0.4, 0.5) is 0 Å². The summed E-state index contributed by atoms with van der Waals surface area (Å²) < 4.78 is 30.9. The van der Waals surface area contributed by atoms with Gasteiger partial charge in [-0.25, -0.2) is 0 Å². The van der Waals surface area contributed by atoms with E-state index in [9.17, 15) is 0 Å². The van der Waals surface area contributed by atoms with Crippen LogP contribution in [0, 0.1) is 0 Å². The smallest absolute Gasteiger partial charge is 0.377 e. The molecule has 0 radical (unpaired) electrons. The first-order valence-electron chi connectivity index (χ1n) is 8.97. The molecule has 152 valence electrons. The van der Waals surface area contributed by atoms with Gasteiger partial charge < -0.3 is 33.3 Å². The lowest BCUT2D eigenvalue weighted by molar-refractivity contribution is -0.0154. The van der Waals surface area contributed by atoms with Crippen LogP contribution in [0.15, 0.2) is 0 Å². The highest BCUT2D eigenvalue weighted by Crippen LogP contribution is 2.32. The van der Waals surface area contributed by atoms with Crippen molar-refractivity contribution in [2.45, 2.75) is 77.7 Å². The summed E-state index contributed by atoms with van der Waals surface area (Å²) in [7, 11) is -2.83. The van der Waals surface area contributed by atoms with E-state index < -0.39 is 28.8 Å². The number of hydrogen-bond donors (Lipinski definition) is 2. The van der Waals surface area contributed by atoms with Crippen molar-refractivity contribution in [2.75, 3.05) is 27.3 Å². The third-order valence-corrected chi connectivity index (χ3v) is 10.7. The maximum Gasteiger partial charge on any atom is 0.493 e. The molecule has 0 aliphatic heterocycles. The van der Waals surface area contributed by atoms with Gasteiger partial charge in [0.05, 0.1) is 11.2 Å². The molecule has 0 amide bonds. The summed E-state index contributed by atoms with van der Waals surface area (Å²) in [6.45, 7) is 13.0. The molecule has 4 N–H and O–H groups in total. The van der Waals surface area contributed by atoms with Crippen molar-refractivity contribution < 1.29 is 21.8 Å². The van der Waals surface area contributed by atoms with E-state index in [-0.39, 0.29) is 0 Å². The Labute approximate surface area is 156 Å². The predicted octanol–water partition coefficient (Wildman–Crippen LogP) is 2.50. The first-order chi connectivity index (χ1) is 11.4. The predicted molar refractivity (Wildman–Crippen MR) is 105 cm³/mol. The third kappa shape index (κ3) is 10.2. The number of rotatable bonds is 12. The van der Waals surface area contributed by atoms with E-state index in [1.54, 1.807) is 14.2 Å². The average molecular weight is 397 g/mol. The maximum absolute atomic E-state index is 6.56. The van der Waals surface area contributed by atoms with Crippen LogP contribution in [-0.4, -0.2) is 56.1 Å². The van der Waals surface area contributed by atoms with Gasteiger partial charge in [-0.3, -0.25) is 0 Å². The average Bonchev–Trinajstić information content (AvgIpc) is 2.47. The zero-order valence-corrected chi connectivity index (χ0v) is 19.4. The van der Waals surface area contributed by atoms with Crippen molar-refractivity contribution in [3.05, 3.63) is 0 Å². The van der Waals surface area contributed by atoms with E-state index in [0.29, 0.717) is 25.2 Å². The second-order valence-corrected chi connectivity index (χ2v) is 13.9. The van der Waals surface area contributed by atoms with Crippen molar-refractivity contribution in [1.82, 2.24) is 0 Å². The Morgan fingerprint density at radius 2 is 1.00 bits per heavy atom. The van der Waals surface area contributed by atoms with Crippen molar-refractivity contribution in [2.24, 2.45) is 11.5 Å². The molecule has 0 aromatic rings. The number of nitrogens with two attached hydrogens (primary N) is 2. The largest absolute Gasteiger partial charge is 0.493 e. The van der Waals surface area contributed by atoms with Gasteiger partial charge >= 0.3 is 17.6 Å². The second kappa shape index (κ2) is 10.5. The van der Waals surface area contributed by atoms with Gasteiger partial charge in [-0.05, 0) is 67.5 Å². The molecule has 0 spiro atoms. The summed E-state index contributed by atoms with van der Waals surface area (Å²) in [5, 5.41) is 0. The molecule has 0 aromatic carbocycles. The highest BCUT2D eigenvalue weighted by molar-refractivity contribution is 6.75. The first-order valence-corrected chi connectivity index (χ1v) is 12.8.